The molecule has 0 aliphatic carbocycles. The summed E-state index contributed by atoms with van der Waals surface area (Å²) in [5.41, 5.74) is 7.59. The lowest BCUT2D eigenvalue weighted by Gasteiger charge is -2.22. The molecule has 3 N–H and O–H groups in total. The van der Waals surface area contributed by atoms with Crippen molar-refractivity contribution in [3.05, 3.63) is 10.6 Å². The molecule has 0 radical (unpaired) electrons. The van der Waals surface area contributed by atoms with Crippen LogP contribution in [0.4, 0.5) is 5.69 Å². The highest BCUT2D eigenvalue weighted by Crippen LogP contribution is 2.38. The number of nitrogens with one attached hydrogen (secondary N) is 1. The minimum atomic E-state index is -0.0678. The largest absolute Gasteiger partial charge is 0.397 e. The molecule has 3 rings (SSSR count). The van der Waals surface area contributed by atoms with Crippen molar-refractivity contribution in [2.75, 3.05) is 18.0 Å². The molecule has 7 heteroatoms. The Morgan fingerprint density at radius 1 is 1.57 bits per heavy atom. The second kappa shape index (κ2) is 5.21. The molecule has 3 heterocycles. The van der Waals surface area contributed by atoms with Gasteiger partial charge in [-0.15, -0.1) is 11.3 Å². The molecule has 5 nitrogen and oxygen atoms in total. The number of nitrogens with two attached hydrogens (primary N) is 1. The van der Waals surface area contributed by atoms with Gasteiger partial charge in [0.15, 0.2) is 0 Å². The first-order valence-corrected chi connectivity index (χ1v) is 8.85. The van der Waals surface area contributed by atoms with Crippen molar-refractivity contribution < 1.29 is 4.79 Å². The SMILES string of the molecule is Cc1nn(C)c2sc(C(=O)NCC3(C)CCCS3)c(N)c12. The first kappa shape index (κ1) is 14.7. The average Bonchev–Trinajstić information content (AvgIpc) is 3.07. The molecule has 1 fully saturated rings. The van der Waals surface area contributed by atoms with Crippen LogP contribution in [-0.4, -0.2) is 32.7 Å². The van der Waals surface area contributed by atoms with Crippen LogP contribution in [0.25, 0.3) is 10.2 Å². The molecule has 1 unspecified atom stereocenters. The van der Waals surface area contributed by atoms with E-state index in [9.17, 15) is 4.79 Å². The van der Waals surface area contributed by atoms with E-state index in [1.807, 2.05) is 25.7 Å². The van der Waals surface area contributed by atoms with Gasteiger partial charge in [-0.1, -0.05) is 0 Å². The van der Waals surface area contributed by atoms with E-state index in [1.54, 1.807) is 4.68 Å². The van der Waals surface area contributed by atoms with Gasteiger partial charge in [0.1, 0.15) is 9.71 Å². The van der Waals surface area contributed by atoms with Gasteiger partial charge < -0.3 is 11.1 Å². The van der Waals surface area contributed by atoms with Gasteiger partial charge in [-0.2, -0.15) is 16.9 Å². The fraction of sp³-hybridized carbons (Fsp3) is 0.571. The third kappa shape index (κ3) is 2.53. The summed E-state index contributed by atoms with van der Waals surface area (Å²) in [6, 6.07) is 0. The fourth-order valence-electron chi connectivity index (χ4n) is 2.82. The highest BCUT2D eigenvalue weighted by molar-refractivity contribution is 8.00. The molecule has 114 valence electrons. The summed E-state index contributed by atoms with van der Waals surface area (Å²) in [5.74, 6) is 1.12. The first-order chi connectivity index (χ1) is 9.91. The lowest BCUT2D eigenvalue weighted by Crippen LogP contribution is -2.36. The molecule has 0 bridgehead atoms. The van der Waals surface area contributed by atoms with Crippen LogP contribution in [-0.2, 0) is 7.05 Å². The number of thioether (sulfide) groups is 1. The molecule has 0 spiro atoms. The fourth-order valence-corrected chi connectivity index (χ4v) is 5.17. The van der Waals surface area contributed by atoms with Gasteiger partial charge in [0.25, 0.3) is 5.91 Å². The van der Waals surface area contributed by atoms with Gasteiger partial charge >= 0.3 is 0 Å². The number of amides is 1. The lowest BCUT2D eigenvalue weighted by atomic mass is 10.1. The van der Waals surface area contributed by atoms with Gasteiger partial charge in [0.05, 0.1) is 16.8 Å². The summed E-state index contributed by atoms with van der Waals surface area (Å²) in [7, 11) is 1.88. The minimum Gasteiger partial charge on any atom is -0.397 e. The van der Waals surface area contributed by atoms with Crippen molar-refractivity contribution in [3.8, 4) is 0 Å². The third-order valence-electron chi connectivity index (χ3n) is 4.01. The molecule has 21 heavy (non-hydrogen) atoms. The van der Waals surface area contributed by atoms with Crippen LogP contribution in [0.1, 0.15) is 35.1 Å². The van der Waals surface area contributed by atoms with Crippen molar-refractivity contribution in [1.82, 2.24) is 15.1 Å². The van der Waals surface area contributed by atoms with Gasteiger partial charge in [-0.05, 0) is 32.4 Å². The van der Waals surface area contributed by atoms with Crippen molar-refractivity contribution in [2.45, 2.75) is 31.4 Å². The number of hydrogen-bond donors (Lipinski definition) is 2. The van der Waals surface area contributed by atoms with Crippen LogP contribution < -0.4 is 11.1 Å². The van der Waals surface area contributed by atoms with E-state index in [0.29, 0.717) is 17.1 Å². The average molecular weight is 324 g/mol. The molecule has 1 aliphatic rings. The summed E-state index contributed by atoms with van der Waals surface area (Å²) < 4.78 is 1.95. The van der Waals surface area contributed by atoms with E-state index in [2.05, 4.69) is 17.3 Å². The summed E-state index contributed by atoms with van der Waals surface area (Å²) in [5, 5.41) is 8.31. The molecule has 1 aliphatic heterocycles. The maximum Gasteiger partial charge on any atom is 0.263 e. The Morgan fingerprint density at radius 2 is 2.33 bits per heavy atom. The van der Waals surface area contributed by atoms with Gasteiger partial charge in [-0.25, -0.2) is 0 Å². The lowest BCUT2D eigenvalue weighted by molar-refractivity contribution is 0.0955. The predicted octanol–water partition coefficient (Wildman–Crippen LogP) is 2.54. The quantitative estimate of drug-likeness (QED) is 0.910. The van der Waals surface area contributed by atoms with Crippen molar-refractivity contribution in [3.63, 3.8) is 0 Å². The van der Waals surface area contributed by atoms with Gasteiger partial charge in [0, 0.05) is 18.3 Å². The standard InChI is InChI=1S/C14H20N4OS2/c1-8-9-10(15)11(21-13(9)18(3)17-8)12(19)16-7-14(2)5-4-6-20-14/h4-7,15H2,1-3H3,(H,16,19). The number of aryl methyl sites for hydroxylation is 2. The summed E-state index contributed by atoms with van der Waals surface area (Å²) in [4.78, 5) is 14.0. The summed E-state index contributed by atoms with van der Waals surface area (Å²) >= 11 is 3.36. The molecule has 2 aromatic rings. The number of nitrogen functional groups attached to an aromatic ring is 1. The first-order valence-electron chi connectivity index (χ1n) is 7.05. The van der Waals surface area contributed by atoms with E-state index in [-0.39, 0.29) is 10.7 Å². The number of nitrogens with zero attached hydrogens (tertiary/aromatic N) is 2. The molecule has 0 saturated carbocycles. The van der Waals surface area contributed by atoms with Crippen molar-refractivity contribution in [2.24, 2.45) is 7.05 Å². The maximum atomic E-state index is 12.4. The van der Waals surface area contributed by atoms with E-state index in [1.165, 1.54) is 23.5 Å². The number of carbonyl (C=O) groups is 1. The maximum absolute atomic E-state index is 12.4. The minimum absolute atomic E-state index is 0.0678. The zero-order valence-electron chi connectivity index (χ0n) is 12.5. The monoisotopic (exact) mass is 324 g/mol. The highest BCUT2D eigenvalue weighted by Gasteiger charge is 2.30. The van der Waals surface area contributed by atoms with Crippen LogP contribution in [0.15, 0.2) is 0 Å². The number of hydrogen-bond acceptors (Lipinski definition) is 5. The van der Waals surface area contributed by atoms with Gasteiger partial charge in [-0.3, -0.25) is 9.48 Å². The Balaban J connectivity index is 1.81. The zero-order valence-corrected chi connectivity index (χ0v) is 14.2. The normalized spacial score (nSPS) is 22.0. The zero-order chi connectivity index (χ0) is 15.2. The number of anilines is 1. The van der Waals surface area contributed by atoms with Crippen LogP contribution in [0.2, 0.25) is 0 Å². The Kier molecular flexibility index (Phi) is 3.65. The van der Waals surface area contributed by atoms with E-state index in [4.69, 9.17) is 5.73 Å². The smallest absolute Gasteiger partial charge is 0.263 e. The predicted molar refractivity (Wildman–Crippen MR) is 90.2 cm³/mol. The van der Waals surface area contributed by atoms with E-state index < -0.39 is 0 Å². The Bertz CT molecular complexity index is 697. The molecular weight excluding hydrogens is 304 g/mol. The third-order valence-corrected chi connectivity index (χ3v) is 6.82. The molecular formula is C14H20N4OS2. The molecule has 2 aromatic heterocycles. The van der Waals surface area contributed by atoms with Crippen molar-refractivity contribution >= 4 is 44.9 Å². The second-order valence-electron chi connectivity index (χ2n) is 5.82. The number of rotatable bonds is 3. The van der Waals surface area contributed by atoms with Crippen LogP contribution >= 0.6 is 23.1 Å². The van der Waals surface area contributed by atoms with Crippen LogP contribution in [0.5, 0.6) is 0 Å². The van der Waals surface area contributed by atoms with Crippen LogP contribution in [0.3, 0.4) is 0 Å². The highest BCUT2D eigenvalue weighted by atomic mass is 32.2. The second-order valence-corrected chi connectivity index (χ2v) is 8.50. The summed E-state index contributed by atoms with van der Waals surface area (Å²) in [6.45, 7) is 4.83. The van der Waals surface area contributed by atoms with Crippen LogP contribution in [0, 0.1) is 6.92 Å². The topological polar surface area (TPSA) is 72.9 Å². The van der Waals surface area contributed by atoms with Gasteiger partial charge in [0.2, 0.25) is 0 Å². The molecule has 1 atom stereocenters. The summed E-state index contributed by atoms with van der Waals surface area (Å²) in [6.07, 6.45) is 2.38. The Morgan fingerprint density at radius 3 is 2.95 bits per heavy atom. The number of aromatic nitrogens is 2. The van der Waals surface area contributed by atoms with Crippen molar-refractivity contribution in [1.29, 1.82) is 0 Å². The number of thiophene rings is 1. The number of carbonyl (C=O) groups excluding carboxylic acids is 1. The Hall–Kier alpha value is -1.21. The van der Waals surface area contributed by atoms with E-state index >= 15 is 0 Å². The molecule has 1 amide bonds. The Labute approximate surface area is 132 Å². The molecule has 0 aromatic carbocycles. The number of fused-ring (bicyclic) bond motifs is 1. The van der Waals surface area contributed by atoms with E-state index in [0.717, 1.165) is 22.3 Å². The molecule has 1 saturated heterocycles.